The Labute approximate surface area is 174 Å². The second-order valence-corrected chi connectivity index (χ2v) is 7.17. The van der Waals surface area contributed by atoms with Crippen LogP contribution in [0, 0.1) is 0 Å². The standard InChI is InChI=1S/C23H21NO4S/c1-27-21-13-8-17(14-22(21)28-2)23(26)24-18-9-11-19(12-10-18)29-15-20(25)16-6-4-3-5-7-16/h3-14H,15H2,1-2H3,(H,24,26). The molecular weight excluding hydrogens is 386 g/mol. The average molecular weight is 407 g/mol. The van der Waals surface area contributed by atoms with E-state index in [0.717, 1.165) is 4.90 Å². The molecule has 0 aliphatic rings. The van der Waals surface area contributed by atoms with Crippen LogP contribution in [0.1, 0.15) is 20.7 Å². The summed E-state index contributed by atoms with van der Waals surface area (Å²) in [4.78, 5) is 25.6. The summed E-state index contributed by atoms with van der Waals surface area (Å²) in [7, 11) is 3.07. The van der Waals surface area contributed by atoms with Crippen molar-refractivity contribution in [2.24, 2.45) is 0 Å². The third-order valence-electron chi connectivity index (χ3n) is 4.22. The van der Waals surface area contributed by atoms with Crippen molar-refractivity contribution in [2.75, 3.05) is 25.3 Å². The SMILES string of the molecule is COc1ccc(C(=O)Nc2ccc(SCC(=O)c3ccccc3)cc2)cc1OC. The highest BCUT2D eigenvalue weighted by atomic mass is 32.2. The van der Waals surface area contributed by atoms with Crippen molar-refractivity contribution in [3.05, 3.63) is 83.9 Å². The number of Topliss-reactive ketones (excluding diaryl/α,β-unsaturated/α-hetero) is 1. The van der Waals surface area contributed by atoms with Gasteiger partial charge in [0.05, 0.1) is 20.0 Å². The molecule has 0 bridgehead atoms. The monoisotopic (exact) mass is 407 g/mol. The van der Waals surface area contributed by atoms with Gasteiger partial charge in [0, 0.05) is 21.7 Å². The summed E-state index contributed by atoms with van der Waals surface area (Å²) >= 11 is 1.46. The number of methoxy groups -OCH3 is 2. The van der Waals surface area contributed by atoms with E-state index in [4.69, 9.17) is 9.47 Å². The number of anilines is 1. The summed E-state index contributed by atoms with van der Waals surface area (Å²) in [5, 5.41) is 2.85. The van der Waals surface area contributed by atoms with E-state index < -0.39 is 0 Å². The smallest absolute Gasteiger partial charge is 0.255 e. The van der Waals surface area contributed by atoms with E-state index in [1.54, 1.807) is 25.3 Å². The van der Waals surface area contributed by atoms with Crippen LogP contribution in [0.4, 0.5) is 5.69 Å². The first-order chi connectivity index (χ1) is 14.1. The van der Waals surface area contributed by atoms with Crippen LogP contribution in [0.3, 0.4) is 0 Å². The lowest BCUT2D eigenvalue weighted by Gasteiger charge is -2.10. The summed E-state index contributed by atoms with van der Waals surface area (Å²) in [5.41, 5.74) is 1.84. The van der Waals surface area contributed by atoms with Gasteiger partial charge >= 0.3 is 0 Å². The van der Waals surface area contributed by atoms with E-state index in [1.165, 1.54) is 18.9 Å². The van der Waals surface area contributed by atoms with Gasteiger partial charge in [-0.2, -0.15) is 0 Å². The van der Waals surface area contributed by atoms with E-state index in [0.29, 0.717) is 34.1 Å². The van der Waals surface area contributed by atoms with Crippen molar-refractivity contribution in [3.63, 3.8) is 0 Å². The molecule has 1 amide bonds. The quantitative estimate of drug-likeness (QED) is 0.424. The number of hydrogen-bond acceptors (Lipinski definition) is 5. The molecule has 0 radical (unpaired) electrons. The predicted molar refractivity (Wildman–Crippen MR) is 115 cm³/mol. The fraction of sp³-hybridized carbons (Fsp3) is 0.130. The van der Waals surface area contributed by atoms with Gasteiger partial charge in [-0.3, -0.25) is 9.59 Å². The maximum atomic E-state index is 12.5. The molecule has 3 aromatic carbocycles. The van der Waals surface area contributed by atoms with Gasteiger partial charge in [-0.25, -0.2) is 0 Å². The zero-order valence-corrected chi connectivity index (χ0v) is 17.0. The van der Waals surface area contributed by atoms with Crippen molar-refractivity contribution in [1.29, 1.82) is 0 Å². The lowest BCUT2D eigenvalue weighted by Crippen LogP contribution is -2.12. The first-order valence-corrected chi connectivity index (χ1v) is 9.94. The van der Waals surface area contributed by atoms with Crippen LogP contribution in [0.15, 0.2) is 77.7 Å². The number of hydrogen-bond donors (Lipinski definition) is 1. The molecule has 0 aliphatic heterocycles. The molecule has 0 aliphatic carbocycles. The molecule has 0 aromatic heterocycles. The second-order valence-electron chi connectivity index (χ2n) is 6.13. The van der Waals surface area contributed by atoms with Gasteiger partial charge in [0.2, 0.25) is 0 Å². The summed E-state index contributed by atoms with van der Waals surface area (Å²) in [6.45, 7) is 0. The first-order valence-electron chi connectivity index (χ1n) is 8.95. The molecule has 148 valence electrons. The number of benzene rings is 3. The van der Waals surface area contributed by atoms with Crippen LogP contribution >= 0.6 is 11.8 Å². The van der Waals surface area contributed by atoms with Crippen molar-refractivity contribution in [2.45, 2.75) is 4.90 Å². The zero-order valence-electron chi connectivity index (χ0n) is 16.2. The van der Waals surface area contributed by atoms with Crippen LogP contribution in [0.5, 0.6) is 11.5 Å². The Morgan fingerprint density at radius 1 is 0.828 bits per heavy atom. The molecule has 0 unspecified atom stereocenters. The summed E-state index contributed by atoms with van der Waals surface area (Å²) in [6.07, 6.45) is 0. The largest absolute Gasteiger partial charge is 0.493 e. The van der Waals surface area contributed by atoms with E-state index in [2.05, 4.69) is 5.32 Å². The second kappa shape index (κ2) is 9.80. The first kappa shape index (κ1) is 20.5. The Balaban J connectivity index is 1.59. The molecule has 0 fully saturated rings. The van der Waals surface area contributed by atoms with Gasteiger partial charge in [0.1, 0.15) is 0 Å². The molecule has 29 heavy (non-hydrogen) atoms. The maximum absolute atomic E-state index is 12.5. The van der Waals surface area contributed by atoms with E-state index in [9.17, 15) is 9.59 Å². The minimum Gasteiger partial charge on any atom is -0.493 e. The topological polar surface area (TPSA) is 64.6 Å². The summed E-state index contributed by atoms with van der Waals surface area (Å²) < 4.78 is 10.4. The predicted octanol–water partition coefficient (Wildman–Crippen LogP) is 4.93. The third-order valence-corrected chi connectivity index (χ3v) is 5.24. The fourth-order valence-corrected chi connectivity index (χ4v) is 3.46. The lowest BCUT2D eigenvalue weighted by atomic mass is 10.2. The Hall–Kier alpha value is -3.25. The van der Waals surface area contributed by atoms with Crippen LogP contribution in [0.25, 0.3) is 0 Å². The fourth-order valence-electron chi connectivity index (χ4n) is 2.67. The van der Waals surface area contributed by atoms with Gasteiger partial charge in [-0.15, -0.1) is 11.8 Å². The Kier molecular flexibility index (Phi) is 6.92. The highest BCUT2D eigenvalue weighted by molar-refractivity contribution is 8.00. The van der Waals surface area contributed by atoms with E-state index in [1.807, 2.05) is 54.6 Å². The highest BCUT2D eigenvalue weighted by Crippen LogP contribution is 2.28. The molecule has 3 rings (SSSR count). The molecule has 0 atom stereocenters. The molecule has 5 nitrogen and oxygen atoms in total. The zero-order chi connectivity index (χ0) is 20.6. The van der Waals surface area contributed by atoms with Gasteiger partial charge < -0.3 is 14.8 Å². The summed E-state index contributed by atoms with van der Waals surface area (Å²) in [6, 6.07) is 21.6. The van der Waals surface area contributed by atoms with Gasteiger partial charge in [0.25, 0.3) is 5.91 Å². The number of nitrogens with one attached hydrogen (secondary N) is 1. The number of ether oxygens (including phenoxy) is 2. The number of ketones is 1. The molecular formula is C23H21NO4S. The van der Waals surface area contributed by atoms with Crippen LogP contribution < -0.4 is 14.8 Å². The molecule has 0 heterocycles. The molecule has 1 N–H and O–H groups in total. The normalized spacial score (nSPS) is 10.3. The van der Waals surface area contributed by atoms with Crippen LogP contribution in [-0.4, -0.2) is 31.7 Å². The number of carbonyl (C=O) groups is 2. The molecule has 0 saturated heterocycles. The van der Waals surface area contributed by atoms with Gasteiger partial charge in [-0.05, 0) is 42.5 Å². The maximum Gasteiger partial charge on any atom is 0.255 e. The molecule has 0 saturated carbocycles. The van der Waals surface area contributed by atoms with Crippen molar-refractivity contribution < 1.29 is 19.1 Å². The van der Waals surface area contributed by atoms with Crippen LogP contribution in [-0.2, 0) is 0 Å². The van der Waals surface area contributed by atoms with E-state index >= 15 is 0 Å². The Morgan fingerprint density at radius 2 is 1.52 bits per heavy atom. The minimum atomic E-state index is -0.245. The van der Waals surface area contributed by atoms with Crippen molar-refractivity contribution in [3.8, 4) is 11.5 Å². The van der Waals surface area contributed by atoms with Gasteiger partial charge in [-0.1, -0.05) is 30.3 Å². The molecule has 0 spiro atoms. The average Bonchev–Trinajstić information content (AvgIpc) is 2.78. The van der Waals surface area contributed by atoms with Crippen LogP contribution in [0.2, 0.25) is 0 Å². The Morgan fingerprint density at radius 3 is 2.17 bits per heavy atom. The summed E-state index contributed by atoms with van der Waals surface area (Å²) in [5.74, 6) is 1.26. The molecule has 3 aromatic rings. The lowest BCUT2D eigenvalue weighted by molar-refractivity contribution is 0.101. The number of carbonyl (C=O) groups excluding carboxylic acids is 2. The number of rotatable bonds is 8. The number of amides is 1. The third kappa shape index (κ3) is 5.39. The number of thioether (sulfide) groups is 1. The van der Waals surface area contributed by atoms with Crippen molar-refractivity contribution in [1.82, 2.24) is 0 Å². The van der Waals surface area contributed by atoms with E-state index in [-0.39, 0.29) is 11.7 Å². The Bertz CT molecular complexity index is 988. The van der Waals surface area contributed by atoms with Crippen molar-refractivity contribution >= 4 is 29.1 Å². The van der Waals surface area contributed by atoms with Gasteiger partial charge in [0.15, 0.2) is 17.3 Å². The highest BCUT2D eigenvalue weighted by Gasteiger charge is 2.11. The molecule has 6 heteroatoms. The minimum absolute atomic E-state index is 0.0847.